The minimum absolute atomic E-state index is 0.0466. The van der Waals surface area contributed by atoms with E-state index in [1.165, 1.54) is 11.1 Å². The molecular formula is C16H26N2O2. The quantitative estimate of drug-likeness (QED) is 0.676. The number of nitrogens with one attached hydrogen (secondary N) is 2. The molecule has 4 heteroatoms. The zero-order chi connectivity index (χ0) is 14.8. The number of carbonyl (C=O) groups is 1. The predicted molar refractivity (Wildman–Crippen MR) is 81.9 cm³/mol. The zero-order valence-electron chi connectivity index (χ0n) is 12.7. The smallest absolute Gasteiger partial charge is 0.236 e. The topological polar surface area (TPSA) is 50.4 Å². The first kappa shape index (κ1) is 16.7. The predicted octanol–water partition coefficient (Wildman–Crippen LogP) is 1.67. The molecule has 0 aliphatic rings. The van der Waals surface area contributed by atoms with Gasteiger partial charge in [-0.25, -0.2) is 0 Å². The van der Waals surface area contributed by atoms with Crippen LogP contribution in [0.5, 0.6) is 0 Å². The van der Waals surface area contributed by atoms with Gasteiger partial charge in [0.2, 0.25) is 5.91 Å². The van der Waals surface area contributed by atoms with Gasteiger partial charge in [-0.05, 0) is 38.8 Å². The molecule has 0 bridgehead atoms. The number of methoxy groups -OCH3 is 1. The van der Waals surface area contributed by atoms with Crippen LogP contribution >= 0.6 is 0 Å². The SMILES string of the molecule is COCCCNC(=O)C(C)NCCc1cccc(C)c1. The van der Waals surface area contributed by atoms with Crippen molar-refractivity contribution in [3.05, 3.63) is 35.4 Å². The van der Waals surface area contributed by atoms with Crippen molar-refractivity contribution in [3.63, 3.8) is 0 Å². The lowest BCUT2D eigenvalue weighted by Gasteiger charge is -2.14. The lowest BCUT2D eigenvalue weighted by molar-refractivity contribution is -0.122. The van der Waals surface area contributed by atoms with Gasteiger partial charge in [0.15, 0.2) is 0 Å². The van der Waals surface area contributed by atoms with Crippen molar-refractivity contribution in [3.8, 4) is 0 Å². The monoisotopic (exact) mass is 278 g/mol. The molecule has 112 valence electrons. The van der Waals surface area contributed by atoms with E-state index in [1.54, 1.807) is 7.11 Å². The van der Waals surface area contributed by atoms with Crippen molar-refractivity contribution in [2.45, 2.75) is 32.7 Å². The second-order valence-electron chi connectivity index (χ2n) is 5.05. The van der Waals surface area contributed by atoms with Crippen LogP contribution in [0, 0.1) is 6.92 Å². The van der Waals surface area contributed by atoms with Gasteiger partial charge >= 0.3 is 0 Å². The third-order valence-corrected chi connectivity index (χ3v) is 3.16. The molecule has 1 unspecified atom stereocenters. The highest BCUT2D eigenvalue weighted by molar-refractivity contribution is 5.81. The molecule has 0 saturated heterocycles. The van der Waals surface area contributed by atoms with E-state index in [4.69, 9.17) is 4.74 Å². The van der Waals surface area contributed by atoms with E-state index in [1.807, 2.05) is 6.92 Å². The average Bonchev–Trinajstić information content (AvgIpc) is 2.43. The first-order chi connectivity index (χ1) is 9.63. The second-order valence-corrected chi connectivity index (χ2v) is 5.05. The first-order valence-corrected chi connectivity index (χ1v) is 7.19. The number of hydrogen-bond donors (Lipinski definition) is 2. The van der Waals surface area contributed by atoms with E-state index in [0.29, 0.717) is 13.2 Å². The number of hydrogen-bond acceptors (Lipinski definition) is 3. The van der Waals surface area contributed by atoms with Crippen molar-refractivity contribution in [2.24, 2.45) is 0 Å². The Morgan fingerprint density at radius 1 is 1.35 bits per heavy atom. The van der Waals surface area contributed by atoms with Gasteiger partial charge in [0.05, 0.1) is 6.04 Å². The van der Waals surface area contributed by atoms with E-state index in [9.17, 15) is 4.79 Å². The standard InChI is InChI=1S/C16H26N2O2/c1-13-6-4-7-15(12-13)8-10-17-14(2)16(19)18-9-5-11-20-3/h4,6-7,12,14,17H,5,8-11H2,1-3H3,(H,18,19). The van der Waals surface area contributed by atoms with Crippen LogP contribution in [-0.2, 0) is 16.0 Å². The summed E-state index contributed by atoms with van der Waals surface area (Å²) in [5, 5.41) is 6.14. The number of aryl methyl sites for hydroxylation is 1. The fourth-order valence-electron chi connectivity index (χ4n) is 1.97. The minimum atomic E-state index is -0.164. The van der Waals surface area contributed by atoms with Gasteiger partial charge in [0.1, 0.15) is 0 Å². The molecule has 0 radical (unpaired) electrons. The Labute approximate surface area is 121 Å². The summed E-state index contributed by atoms with van der Waals surface area (Å²) in [5.41, 5.74) is 2.57. The zero-order valence-corrected chi connectivity index (χ0v) is 12.7. The molecular weight excluding hydrogens is 252 g/mol. The summed E-state index contributed by atoms with van der Waals surface area (Å²) < 4.78 is 4.94. The minimum Gasteiger partial charge on any atom is -0.385 e. The van der Waals surface area contributed by atoms with Crippen molar-refractivity contribution in [1.82, 2.24) is 10.6 Å². The number of amides is 1. The fourth-order valence-corrected chi connectivity index (χ4v) is 1.97. The number of benzene rings is 1. The molecule has 0 aromatic heterocycles. The average molecular weight is 278 g/mol. The molecule has 0 saturated carbocycles. The van der Waals surface area contributed by atoms with Crippen LogP contribution in [0.1, 0.15) is 24.5 Å². The Bertz CT molecular complexity index is 407. The molecule has 2 N–H and O–H groups in total. The molecule has 1 aromatic carbocycles. The highest BCUT2D eigenvalue weighted by Gasteiger charge is 2.10. The molecule has 0 aliphatic heterocycles. The van der Waals surface area contributed by atoms with Crippen molar-refractivity contribution < 1.29 is 9.53 Å². The fraction of sp³-hybridized carbons (Fsp3) is 0.562. The summed E-state index contributed by atoms with van der Waals surface area (Å²) >= 11 is 0. The molecule has 1 aromatic rings. The Kier molecular flexibility index (Phi) is 7.92. The number of ether oxygens (including phenoxy) is 1. The summed E-state index contributed by atoms with van der Waals surface area (Å²) in [6, 6.07) is 8.28. The molecule has 4 nitrogen and oxygen atoms in total. The molecule has 1 atom stereocenters. The molecule has 20 heavy (non-hydrogen) atoms. The molecule has 0 aliphatic carbocycles. The number of rotatable bonds is 9. The van der Waals surface area contributed by atoms with E-state index < -0.39 is 0 Å². The Morgan fingerprint density at radius 3 is 2.85 bits per heavy atom. The molecule has 0 spiro atoms. The summed E-state index contributed by atoms with van der Waals surface area (Å²) in [6.45, 7) is 6.12. The van der Waals surface area contributed by atoms with Crippen LogP contribution in [0.4, 0.5) is 0 Å². The summed E-state index contributed by atoms with van der Waals surface area (Å²) in [5.74, 6) is 0.0466. The van der Waals surface area contributed by atoms with Crippen LogP contribution < -0.4 is 10.6 Å². The summed E-state index contributed by atoms with van der Waals surface area (Å²) in [6.07, 6.45) is 1.78. The molecule has 1 amide bonds. The van der Waals surface area contributed by atoms with Crippen molar-refractivity contribution >= 4 is 5.91 Å². The molecule has 0 fully saturated rings. The Balaban J connectivity index is 2.18. The van der Waals surface area contributed by atoms with E-state index in [2.05, 4.69) is 41.8 Å². The van der Waals surface area contributed by atoms with E-state index >= 15 is 0 Å². The summed E-state index contributed by atoms with van der Waals surface area (Å²) in [4.78, 5) is 11.8. The van der Waals surface area contributed by atoms with Gasteiger partial charge in [0.25, 0.3) is 0 Å². The van der Waals surface area contributed by atoms with Crippen LogP contribution in [0.3, 0.4) is 0 Å². The van der Waals surface area contributed by atoms with Crippen LogP contribution in [0.25, 0.3) is 0 Å². The Hall–Kier alpha value is -1.39. The highest BCUT2D eigenvalue weighted by atomic mass is 16.5. The van der Waals surface area contributed by atoms with Gasteiger partial charge < -0.3 is 15.4 Å². The largest absolute Gasteiger partial charge is 0.385 e. The normalized spacial score (nSPS) is 12.2. The van der Waals surface area contributed by atoms with Crippen LogP contribution in [0.2, 0.25) is 0 Å². The lowest BCUT2D eigenvalue weighted by atomic mass is 10.1. The highest BCUT2D eigenvalue weighted by Crippen LogP contribution is 2.04. The summed E-state index contributed by atoms with van der Waals surface area (Å²) in [7, 11) is 1.66. The van der Waals surface area contributed by atoms with Gasteiger partial charge in [-0.3, -0.25) is 4.79 Å². The third kappa shape index (κ3) is 6.68. The van der Waals surface area contributed by atoms with E-state index in [0.717, 1.165) is 19.4 Å². The van der Waals surface area contributed by atoms with Gasteiger partial charge in [-0.15, -0.1) is 0 Å². The molecule has 1 rings (SSSR count). The molecule has 0 heterocycles. The van der Waals surface area contributed by atoms with Crippen LogP contribution in [-0.4, -0.2) is 38.8 Å². The lowest BCUT2D eigenvalue weighted by Crippen LogP contribution is -2.43. The van der Waals surface area contributed by atoms with Gasteiger partial charge in [-0.2, -0.15) is 0 Å². The van der Waals surface area contributed by atoms with E-state index in [-0.39, 0.29) is 11.9 Å². The van der Waals surface area contributed by atoms with Crippen molar-refractivity contribution in [1.29, 1.82) is 0 Å². The van der Waals surface area contributed by atoms with Gasteiger partial charge in [0, 0.05) is 20.3 Å². The maximum absolute atomic E-state index is 11.8. The van der Waals surface area contributed by atoms with Gasteiger partial charge in [-0.1, -0.05) is 29.8 Å². The first-order valence-electron chi connectivity index (χ1n) is 7.19. The third-order valence-electron chi connectivity index (χ3n) is 3.16. The number of carbonyl (C=O) groups excluding carboxylic acids is 1. The Morgan fingerprint density at radius 2 is 2.15 bits per heavy atom. The second kappa shape index (κ2) is 9.50. The maximum Gasteiger partial charge on any atom is 0.236 e. The van der Waals surface area contributed by atoms with Crippen molar-refractivity contribution in [2.75, 3.05) is 26.8 Å². The maximum atomic E-state index is 11.8. The van der Waals surface area contributed by atoms with Crippen LogP contribution in [0.15, 0.2) is 24.3 Å².